The lowest BCUT2D eigenvalue weighted by Crippen LogP contribution is -2.10. The summed E-state index contributed by atoms with van der Waals surface area (Å²) in [5, 5.41) is 0.642. The molecule has 0 saturated carbocycles. The molecule has 0 aromatic rings. The van der Waals surface area contributed by atoms with Crippen molar-refractivity contribution >= 4 is 29.0 Å². The Morgan fingerprint density at radius 2 is 1.58 bits per heavy atom. The highest BCUT2D eigenvalue weighted by Crippen LogP contribution is 2.34. The molecule has 1 nitrogen and oxygen atoms in total. The van der Waals surface area contributed by atoms with Gasteiger partial charge in [0, 0.05) is 5.57 Å². The Balaban J connectivity index is 3.32. The quantitative estimate of drug-likeness (QED) is 0.590. The van der Waals surface area contributed by atoms with Crippen LogP contribution in [-0.2, 0) is 4.79 Å². The lowest BCUT2D eigenvalue weighted by molar-refractivity contribution is -0.111. The Morgan fingerprint density at radius 1 is 1.08 bits per heavy atom. The highest BCUT2D eigenvalue weighted by molar-refractivity contribution is 6.48. The number of halogens is 2. The summed E-state index contributed by atoms with van der Waals surface area (Å²) in [4.78, 5) is 11.3. The molecule has 0 radical (unpaired) electrons. The van der Waals surface area contributed by atoms with Crippen molar-refractivity contribution in [2.75, 3.05) is 0 Å². The summed E-state index contributed by atoms with van der Waals surface area (Å²) in [6.07, 6.45) is 0. The number of rotatable bonds is 0. The maximum atomic E-state index is 11.3. The van der Waals surface area contributed by atoms with E-state index in [0.29, 0.717) is 21.8 Å². The smallest absolute Gasteiger partial charge is 0.201 e. The van der Waals surface area contributed by atoms with Gasteiger partial charge in [0.15, 0.2) is 0 Å². The summed E-state index contributed by atoms with van der Waals surface area (Å²) < 4.78 is 0. The number of carbonyl (C=O) groups excluding carboxylic acids is 1. The molecule has 0 atom stereocenters. The van der Waals surface area contributed by atoms with Gasteiger partial charge < -0.3 is 0 Å². The summed E-state index contributed by atoms with van der Waals surface area (Å²) in [5.74, 6) is -0.202. The van der Waals surface area contributed by atoms with Gasteiger partial charge in [0.25, 0.3) is 0 Å². The zero-order chi connectivity index (χ0) is 9.46. The molecule has 12 heavy (non-hydrogen) atoms. The van der Waals surface area contributed by atoms with Crippen LogP contribution < -0.4 is 0 Å². The fraction of sp³-hybridized carbons (Fsp3) is 0.222. The van der Waals surface area contributed by atoms with Crippen LogP contribution in [0.4, 0.5) is 0 Å². The predicted octanol–water partition coefficient (Wildman–Crippen LogP) is 3.15. The first kappa shape index (κ1) is 9.56. The molecule has 0 bridgehead atoms. The van der Waals surface area contributed by atoms with Crippen LogP contribution in [0.1, 0.15) is 13.8 Å². The van der Waals surface area contributed by atoms with Crippen molar-refractivity contribution in [3.8, 4) is 0 Å². The molecule has 0 aliphatic heterocycles. The number of Topliss-reactive ketones (excluding diaryl/α,β-unsaturated/α-hetero) is 1. The summed E-state index contributed by atoms with van der Waals surface area (Å²) in [6.45, 7) is 7.10. The Morgan fingerprint density at radius 3 is 2.08 bits per heavy atom. The Labute approximate surface area is 81.4 Å². The van der Waals surface area contributed by atoms with Crippen LogP contribution in [0.5, 0.6) is 0 Å². The molecule has 0 aromatic heterocycles. The maximum absolute atomic E-state index is 11.3. The van der Waals surface area contributed by atoms with E-state index in [4.69, 9.17) is 23.2 Å². The fourth-order valence-corrected chi connectivity index (χ4v) is 1.44. The molecule has 0 N–H and O–H groups in total. The highest BCUT2D eigenvalue weighted by atomic mass is 35.5. The van der Waals surface area contributed by atoms with Crippen molar-refractivity contribution in [3.63, 3.8) is 0 Å². The second-order valence-corrected chi connectivity index (χ2v) is 3.44. The van der Waals surface area contributed by atoms with Gasteiger partial charge in [-0.2, -0.15) is 0 Å². The SMILES string of the molecule is C=C1C(C)=C(Cl)C(=O)C(C)=C1Cl. The molecule has 1 aliphatic rings. The Hall–Kier alpha value is -0.530. The summed E-state index contributed by atoms with van der Waals surface area (Å²) in [7, 11) is 0. The minimum Gasteiger partial charge on any atom is -0.288 e. The molecule has 0 amide bonds. The van der Waals surface area contributed by atoms with Gasteiger partial charge in [-0.1, -0.05) is 29.8 Å². The molecule has 0 aromatic carbocycles. The van der Waals surface area contributed by atoms with Crippen molar-refractivity contribution in [2.24, 2.45) is 0 Å². The van der Waals surface area contributed by atoms with Gasteiger partial charge in [0.1, 0.15) is 0 Å². The molecule has 1 aliphatic carbocycles. The van der Waals surface area contributed by atoms with Crippen LogP contribution in [-0.4, -0.2) is 5.78 Å². The molecular weight excluding hydrogens is 195 g/mol. The van der Waals surface area contributed by atoms with Gasteiger partial charge >= 0.3 is 0 Å². The molecule has 0 unspecified atom stereocenters. The molecular formula is C9H8Cl2O. The first-order chi connectivity index (χ1) is 5.46. The van der Waals surface area contributed by atoms with Crippen molar-refractivity contribution in [1.82, 2.24) is 0 Å². The number of hydrogen-bond donors (Lipinski definition) is 0. The fourth-order valence-electron chi connectivity index (χ4n) is 0.958. The van der Waals surface area contributed by atoms with Crippen LogP contribution in [0.25, 0.3) is 0 Å². The van der Waals surface area contributed by atoms with Crippen molar-refractivity contribution in [3.05, 3.63) is 33.4 Å². The van der Waals surface area contributed by atoms with Crippen molar-refractivity contribution < 1.29 is 4.79 Å². The predicted molar refractivity (Wildman–Crippen MR) is 51.3 cm³/mol. The van der Waals surface area contributed by atoms with Gasteiger partial charge in [0.2, 0.25) is 5.78 Å². The van der Waals surface area contributed by atoms with E-state index in [1.807, 2.05) is 0 Å². The van der Waals surface area contributed by atoms with E-state index in [2.05, 4.69) is 6.58 Å². The second kappa shape index (κ2) is 3.08. The minimum atomic E-state index is -0.202. The first-order valence-corrected chi connectivity index (χ1v) is 4.19. The number of ketones is 1. The Bertz CT molecular complexity index is 272. The molecule has 3 heteroatoms. The molecule has 0 heterocycles. The average Bonchev–Trinajstić information content (AvgIpc) is 2.08. The van der Waals surface area contributed by atoms with E-state index < -0.39 is 0 Å². The van der Waals surface area contributed by atoms with Crippen molar-refractivity contribution in [1.29, 1.82) is 0 Å². The zero-order valence-electron chi connectivity index (χ0n) is 6.87. The lowest BCUT2D eigenvalue weighted by atomic mass is 9.96. The van der Waals surface area contributed by atoms with Crippen LogP contribution in [0.2, 0.25) is 0 Å². The molecule has 0 spiro atoms. The van der Waals surface area contributed by atoms with E-state index in [1.165, 1.54) is 0 Å². The first-order valence-electron chi connectivity index (χ1n) is 3.44. The third-order valence-corrected chi connectivity index (χ3v) is 2.88. The monoisotopic (exact) mass is 202 g/mol. The van der Waals surface area contributed by atoms with Gasteiger partial charge in [0.05, 0.1) is 10.1 Å². The van der Waals surface area contributed by atoms with Crippen LogP contribution in [0.3, 0.4) is 0 Å². The standard InChI is InChI=1S/C9H8Cl2O/c1-4-5(2)8(11)9(12)6(3)7(4)10/h1H2,2-3H3. The molecule has 1 rings (SSSR count). The number of allylic oxidation sites excluding steroid dienone is 5. The van der Waals surface area contributed by atoms with E-state index in [-0.39, 0.29) is 10.8 Å². The lowest BCUT2D eigenvalue weighted by Gasteiger charge is -2.15. The van der Waals surface area contributed by atoms with E-state index in [9.17, 15) is 4.79 Å². The maximum Gasteiger partial charge on any atom is 0.201 e. The van der Waals surface area contributed by atoms with Crippen LogP contribution in [0.15, 0.2) is 33.4 Å². The topological polar surface area (TPSA) is 17.1 Å². The van der Waals surface area contributed by atoms with E-state index in [1.54, 1.807) is 13.8 Å². The third-order valence-electron chi connectivity index (χ3n) is 1.92. The molecule has 0 saturated heterocycles. The van der Waals surface area contributed by atoms with E-state index >= 15 is 0 Å². The number of hydrogen-bond acceptors (Lipinski definition) is 1. The normalized spacial score (nSPS) is 19.3. The van der Waals surface area contributed by atoms with Crippen molar-refractivity contribution in [2.45, 2.75) is 13.8 Å². The average molecular weight is 203 g/mol. The van der Waals surface area contributed by atoms with Gasteiger partial charge in [-0.15, -0.1) is 0 Å². The third kappa shape index (κ3) is 1.23. The largest absolute Gasteiger partial charge is 0.288 e. The minimum absolute atomic E-state index is 0.202. The highest BCUT2D eigenvalue weighted by Gasteiger charge is 2.23. The molecule has 64 valence electrons. The van der Waals surface area contributed by atoms with Crippen LogP contribution in [0, 0.1) is 0 Å². The number of carbonyl (C=O) groups is 1. The summed E-state index contributed by atoms with van der Waals surface area (Å²) in [5.41, 5.74) is 1.77. The Kier molecular flexibility index (Phi) is 2.45. The second-order valence-electron chi connectivity index (χ2n) is 2.69. The van der Waals surface area contributed by atoms with E-state index in [0.717, 1.165) is 0 Å². The van der Waals surface area contributed by atoms with Gasteiger partial charge in [-0.05, 0) is 25.0 Å². The van der Waals surface area contributed by atoms with Gasteiger partial charge in [-0.3, -0.25) is 4.79 Å². The molecule has 0 fully saturated rings. The van der Waals surface area contributed by atoms with Crippen LogP contribution >= 0.6 is 23.2 Å². The summed E-state index contributed by atoms with van der Waals surface area (Å²) in [6, 6.07) is 0. The zero-order valence-corrected chi connectivity index (χ0v) is 8.38. The summed E-state index contributed by atoms with van der Waals surface area (Å²) >= 11 is 11.6. The van der Waals surface area contributed by atoms with Gasteiger partial charge in [-0.25, -0.2) is 0 Å².